The van der Waals surface area contributed by atoms with Crippen LogP contribution in [-0.2, 0) is 15.9 Å². The van der Waals surface area contributed by atoms with Gasteiger partial charge in [0.15, 0.2) is 5.79 Å². The number of pyridine rings is 1. The first-order chi connectivity index (χ1) is 13.7. The number of rotatable bonds is 2. The molecule has 0 N–H and O–H groups in total. The number of benzene rings is 1. The zero-order valence-electron chi connectivity index (χ0n) is 16.0. The van der Waals surface area contributed by atoms with Crippen LogP contribution in [0, 0.1) is 0 Å². The lowest BCUT2D eigenvalue weighted by atomic mass is 10.0. The molecular formula is C22H25N3O3. The van der Waals surface area contributed by atoms with Gasteiger partial charge in [-0.25, -0.2) is 0 Å². The first kappa shape index (κ1) is 17.6. The van der Waals surface area contributed by atoms with Gasteiger partial charge in [-0.15, -0.1) is 0 Å². The van der Waals surface area contributed by atoms with Gasteiger partial charge in [-0.05, 0) is 30.5 Å². The second-order valence-corrected chi connectivity index (χ2v) is 7.72. The number of nitrogens with zero attached hydrogens (tertiary/aromatic N) is 3. The van der Waals surface area contributed by atoms with E-state index in [9.17, 15) is 4.79 Å². The van der Waals surface area contributed by atoms with E-state index in [-0.39, 0.29) is 5.91 Å². The average Bonchev–Trinajstić information content (AvgIpc) is 3.21. The first-order valence-corrected chi connectivity index (χ1v) is 10.1. The molecule has 3 aliphatic heterocycles. The number of ether oxygens (including phenoxy) is 2. The number of anilines is 2. The van der Waals surface area contributed by atoms with E-state index < -0.39 is 5.79 Å². The number of fused-ring (bicyclic) bond motifs is 1. The minimum Gasteiger partial charge on any atom is -0.370 e. The van der Waals surface area contributed by atoms with Crippen molar-refractivity contribution in [3.63, 3.8) is 0 Å². The second kappa shape index (κ2) is 7.18. The molecular weight excluding hydrogens is 354 g/mol. The van der Waals surface area contributed by atoms with E-state index >= 15 is 0 Å². The number of aryl methyl sites for hydroxylation is 1. The molecule has 6 heteroatoms. The fraction of sp³-hybridized carbons (Fsp3) is 0.455. The van der Waals surface area contributed by atoms with Crippen molar-refractivity contribution in [1.82, 2.24) is 4.98 Å². The monoisotopic (exact) mass is 379 g/mol. The van der Waals surface area contributed by atoms with Crippen molar-refractivity contribution in [3.8, 4) is 0 Å². The number of amides is 1. The molecule has 1 amide bonds. The zero-order chi connectivity index (χ0) is 19.0. The lowest BCUT2D eigenvalue weighted by Crippen LogP contribution is -2.45. The van der Waals surface area contributed by atoms with Crippen molar-refractivity contribution >= 4 is 17.3 Å². The third-order valence-electron chi connectivity index (χ3n) is 6.03. The van der Waals surface area contributed by atoms with E-state index in [1.165, 1.54) is 5.56 Å². The van der Waals surface area contributed by atoms with Crippen molar-refractivity contribution in [2.75, 3.05) is 42.6 Å². The number of hydrogen-bond acceptors (Lipinski definition) is 5. The van der Waals surface area contributed by atoms with E-state index in [2.05, 4.69) is 16.0 Å². The molecule has 0 saturated carbocycles. The summed E-state index contributed by atoms with van der Waals surface area (Å²) in [5, 5.41) is 0. The molecule has 2 saturated heterocycles. The van der Waals surface area contributed by atoms with Gasteiger partial charge in [0, 0.05) is 44.4 Å². The van der Waals surface area contributed by atoms with Crippen molar-refractivity contribution in [2.24, 2.45) is 0 Å². The van der Waals surface area contributed by atoms with Crippen molar-refractivity contribution in [3.05, 3.63) is 53.9 Å². The summed E-state index contributed by atoms with van der Waals surface area (Å²) in [6.45, 7) is 3.80. The number of hydrogen-bond donors (Lipinski definition) is 0. The van der Waals surface area contributed by atoms with Crippen LogP contribution in [0.1, 0.15) is 35.2 Å². The van der Waals surface area contributed by atoms with Crippen LogP contribution in [0.2, 0.25) is 0 Å². The minimum atomic E-state index is -0.394. The van der Waals surface area contributed by atoms with Crippen LogP contribution in [-0.4, -0.2) is 49.5 Å². The van der Waals surface area contributed by atoms with Crippen molar-refractivity contribution in [1.29, 1.82) is 0 Å². The van der Waals surface area contributed by atoms with Crippen LogP contribution in [0.5, 0.6) is 0 Å². The fourth-order valence-electron chi connectivity index (χ4n) is 4.51. The summed E-state index contributed by atoms with van der Waals surface area (Å²) in [5.74, 6) is -0.369. The number of carbonyl (C=O) groups excluding carboxylic acids is 1. The maximum atomic E-state index is 13.2. The normalized spacial score (nSPS) is 21.0. The van der Waals surface area contributed by atoms with E-state index in [4.69, 9.17) is 9.47 Å². The Balaban J connectivity index is 1.34. The molecule has 1 spiro atoms. The van der Waals surface area contributed by atoms with Gasteiger partial charge in [0.25, 0.3) is 5.91 Å². The second-order valence-electron chi connectivity index (χ2n) is 7.72. The summed E-state index contributed by atoms with van der Waals surface area (Å²) in [4.78, 5) is 21.8. The number of carbonyl (C=O) groups is 1. The molecule has 1 aromatic carbocycles. The molecule has 28 heavy (non-hydrogen) atoms. The predicted molar refractivity (Wildman–Crippen MR) is 107 cm³/mol. The highest BCUT2D eigenvalue weighted by atomic mass is 16.7. The van der Waals surface area contributed by atoms with Crippen LogP contribution >= 0.6 is 0 Å². The average molecular weight is 379 g/mol. The van der Waals surface area contributed by atoms with Gasteiger partial charge in [0.05, 0.1) is 30.7 Å². The van der Waals surface area contributed by atoms with Crippen LogP contribution in [0.4, 0.5) is 11.4 Å². The highest BCUT2D eigenvalue weighted by molar-refractivity contribution is 6.07. The molecule has 4 heterocycles. The smallest absolute Gasteiger partial charge is 0.259 e. The van der Waals surface area contributed by atoms with E-state index in [1.54, 1.807) is 6.20 Å². The molecule has 2 fully saturated rings. The Morgan fingerprint density at radius 3 is 2.64 bits per heavy atom. The standard InChI is InChI=1S/C22H25N3O3/c26-21(25-9-3-5-17-4-1-2-6-20(17)25)18-14-19(16-23-15-18)24-10-7-22(8-11-24)27-12-13-28-22/h1-2,4,6,14-16H,3,5,7-13H2. The summed E-state index contributed by atoms with van der Waals surface area (Å²) < 4.78 is 11.6. The fourth-order valence-corrected chi connectivity index (χ4v) is 4.51. The van der Waals surface area contributed by atoms with Crippen LogP contribution < -0.4 is 9.80 Å². The Morgan fingerprint density at radius 1 is 1.04 bits per heavy atom. The Labute approximate surface area is 165 Å². The van der Waals surface area contributed by atoms with Gasteiger partial charge in [-0.3, -0.25) is 9.78 Å². The van der Waals surface area contributed by atoms with Gasteiger partial charge in [-0.1, -0.05) is 18.2 Å². The maximum absolute atomic E-state index is 13.2. The lowest BCUT2D eigenvalue weighted by Gasteiger charge is -2.38. The molecule has 0 unspecified atom stereocenters. The van der Waals surface area contributed by atoms with Crippen LogP contribution in [0.15, 0.2) is 42.7 Å². The van der Waals surface area contributed by atoms with E-state index in [0.717, 1.165) is 56.7 Å². The summed E-state index contributed by atoms with van der Waals surface area (Å²) >= 11 is 0. The van der Waals surface area contributed by atoms with Crippen LogP contribution in [0.25, 0.3) is 0 Å². The molecule has 5 rings (SSSR count). The van der Waals surface area contributed by atoms with Gasteiger partial charge >= 0.3 is 0 Å². The first-order valence-electron chi connectivity index (χ1n) is 10.1. The number of para-hydroxylation sites is 1. The Hall–Kier alpha value is -2.44. The third kappa shape index (κ3) is 3.16. The van der Waals surface area contributed by atoms with Gasteiger partial charge < -0.3 is 19.3 Å². The Bertz CT molecular complexity index is 869. The zero-order valence-corrected chi connectivity index (χ0v) is 16.0. The minimum absolute atomic E-state index is 0.0254. The number of piperidine rings is 1. The predicted octanol–water partition coefficient (Wildman–Crippen LogP) is 3.02. The Kier molecular flexibility index (Phi) is 4.53. The van der Waals surface area contributed by atoms with Crippen LogP contribution in [0.3, 0.4) is 0 Å². The summed E-state index contributed by atoms with van der Waals surface area (Å²) in [5.41, 5.74) is 3.90. The maximum Gasteiger partial charge on any atom is 0.259 e. The van der Waals surface area contributed by atoms with Gasteiger partial charge in [0.2, 0.25) is 0 Å². The number of aromatic nitrogens is 1. The van der Waals surface area contributed by atoms with Crippen molar-refractivity contribution < 1.29 is 14.3 Å². The molecule has 0 bridgehead atoms. The summed E-state index contributed by atoms with van der Waals surface area (Å²) in [7, 11) is 0. The highest BCUT2D eigenvalue weighted by Gasteiger charge is 2.40. The molecule has 6 nitrogen and oxygen atoms in total. The van der Waals surface area contributed by atoms with Crippen molar-refractivity contribution in [2.45, 2.75) is 31.5 Å². The molecule has 1 aromatic heterocycles. The molecule has 2 aromatic rings. The SMILES string of the molecule is O=C(c1cncc(N2CCC3(CC2)OCCO3)c1)N1CCCc2ccccc21. The molecule has 0 atom stereocenters. The summed E-state index contributed by atoms with van der Waals surface area (Å²) in [6, 6.07) is 10.2. The third-order valence-corrected chi connectivity index (χ3v) is 6.03. The molecule has 0 radical (unpaired) electrons. The summed E-state index contributed by atoms with van der Waals surface area (Å²) in [6.07, 6.45) is 7.21. The largest absolute Gasteiger partial charge is 0.370 e. The Morgan fingerprint density at radius 2 is 1.82 bits per heavy atom. The van der Waals surface area contributed by atoms with E-state index in [0.29, 0.717) is 18.8 Å². The van der Waals surface area contributed by atoms with E-state index in [1.807, 2.05) is 35.4 Å². The highest BCUT2D eigenvalue weighted by Crippen LogP contribution is 2.33. The molecule has 146 valence electrons. The molecule has 3 aliphatic rings. The topological polar surface area (TPSA) is 54.9 Å². The van der Waals surface area contributed by atoms with Gasteiger partial charge in [0.1, 0.15) is 0 Å². The van der Waals surface area contributed by atoms with Gasteiger partial charge in [-0.2, -0.15) is 0 Å². The quantitative estimate of drug-likeness (QED) is 0.803. The lowest BCUT2D eigenvalue weighted by molar-refractivity contribution is -0.169. The molecule has 0 aliphatic carbocycles.